The van der Waals surface area contributed by atoms with Gasteiger partial charge in [0.2, 0.25) is 0 Å². The fourth-order valence-corrected chi connectivity index (χ4v) is 1.60. The van der Waals surface area contributed by atoms with Crippen molar-refractivity contribution in [1.29, 1.82) is 0 Å². The van der Waals surface area contributed by atoms with Crippen LogP contribution >= 0.6 is 11.6 Å². The van der Waals surface area contributed by atoms with E-state index in [-0.39, 0.29) is 11.7 Å². The minimum atomic E-state index is -0.0151. The molecule has 0 bridgehead atoms. The third-order valence-electron chi connectivity index (χ3n) is 1.87. The second-order valence-electron chi connectivity index (χ2n) is 2.91. The summed E-state index contributed by atoms with van der Waals surface area (Å²) in [7, 11) is 0. The Hall–Kier alpha value is -0.770. The van der Waals surface area contributed by atoms with Crippen LogP contribution in [0.3, 0.4) is 0 Å². The summed E-state index contributed by atoms with van der Waals surface area (Å²) in [6, 6.07) is 5.01. The van der Waals surface area contributed by atoms with Crippen molar-refractivity contribution in [3.05, 3.63) is 28.8 Å². The highest BCUT2D eigenvalue weighted by atomic mass is 35.5. The number of phenols is 1. The molecule has 13 heavy (non-hydrogen) atoms. The highest BCUT2D eigenvalue weighted by Gasteiger charge is 2.13. The predicted molar refractivity (Wildman–Crippen MR) is 51.7 cm³/mol. The number of hydrogen-bond donors (Lipinski definition) is 2. The summed E-state index contributed by atoms with van der Waals surface area (Å²) < 4.78 is 0. The molecule has 0 aromatic heterocycles. The number of rotatable bonds is 3. The third-order valence-corrected chi connectivity index (χ3v) is 2.20. The first kappa shape index (κ1) is 10.3. The van der Waals surface area contributed by atoms with E-state index in [1.54, 1.807) is 18.2 Å². The Labute approximate surface area is 82.0 Å². The van der Waals surface area contributed by atoms with Gasteiger partial charge in [0.05, 0.1) is 6.61 Å². The average molecular weight is 202 g/mol. The summed E-state index contributed by atoms with van der Waals surface area (Å²) in [5.74, 6) is 5.10. The van der Waals surface area contributed by atoms with Crippen LogP contribution in [0.5, 0.6) is 5.75 Å². The van der Waals surface area contributed by atoms with Crippen LogP contribution in [0.15, 0.2) is 18.2 Å². The number of hydrogen-bond acceptors (Lipinski definition) is 3. The first-order valence-electron chi connectivity index (χ1n) is 3.96. The van der Waals surface area contributed by atoms with E-state index in [1.807, 2.05) is 6.92 Å². The van der Waals surface area contributed by atoms with E-state index in [2.05, 4.69) is 4.84 Å². The molecule has 0 aliphatic carbocycles. The molecule has 0 aliphatic heterocycles. The molecular weight excluding hydrogens is 190 g/mol. The molecule has 0 fully saturated rings. The van der Waals surface area contributed by atoms with Gasteiger partial charge in [0, 0.05) is 16.5 Å². The van der Waals surface area contributed by atoms with E-state index in [9.17, 15) is 5.11 Å². The fraction of sp³-hybridized carbons (Fsp3) is 0.333. The van der Waals surface area contributed by atoms with E-state index in [4.69, 9.17) is 17.5 Å². The summed E-state index contributed by atoms with van der Waals surface area (Å²) >= 11 is 5.90. The van der Waals surface area contributed by atoms with Gasteiger partial charge in [-0.15, -0.1) is 0 Å². The smallest absolute Gasteiger partial charge is 0.120 e. The van der Waals surface area contributed by atoms with Gasteiger partial charge in [-0.25, -0.2) is 5.90 Å². The quantitative estimate of drug-likeness (QED) is 0.736. The van der Waals surface area contributed by atoms with Gasteiger partial charge in [-0.05, 0) is 12.1 Å². The Morgan fingerprint density at radius 2 is 2.31 bits per heavy atom. The molecule has 1 atom stereocenters. The molecule has 0 heterocycles. The summed E-state index contributed by atoms with van der Waals surface area (Å²) in [4.78, 5) is 4.50. The number of benzene rings is 1. The van der Waals surface area contributed by atoms with Gasteiger partial charge in [0.1, 0.15) is 5.75 Å². The third kappa shape index (κ3) is 2.34. The molecule has 0 amide bonds. The second-order valence-corrected chi connectivity index (χ2v) is 3.31. The molecule has 0 saturated heterocycles. The standard InChI is InChI=1S/C9H12ClNO2/c1-6(5-13-11)9-7(10)3-2-4-8(9)12/h2-4,6,12H,5,11H2,1H3. The fourth-order valence-electron chi connectivity index (χ4n) is 1.24. The number of phenolic OH excluding ortho intramolecular Hbond substituents is 1. The molecule has 0 radical (unpaired) electrons. The topological polar surface area (TPSA) is 55.5 Å². The SMILES string of the molecule is CC(CON)c1c(O)cccc1Cl. The lowest BCUT2D eigenvalue weighted by Gasteiger charge is -2.13. The first-order valence-corrected chi connectivity index (χ1v) is 4.33. The number of halogens is 1. The van der Waals surface area contributed by atoms with E-state index in [1.165, 1.54) is 0 Å². The van der Waals surface area contributed by atoms with Crippen molar-refractivity contribution < 1.29 is 9.94 Å². The van der Waals surface area contributed by atoms with Crippen molar-refractivity contribution >= 4 is 11.6 Å². The van der Waals surface area contributed by atoms with Crippen LogP contribution in [0.25, 0.3) is 0 Å². The highest BCUT2D eigenvalue weighted by Crippen LogP contribution is 2.32. The zero-order chi connectivity index (χ0) is 9.84. The van der Waals surface area contributed by atoms with Crippen molar-refractivity contribution in [3.63, 3.8) is 0 Å². The molecule has 3 N–H and O–H groups in total. The Kier molecular flexibility index (Phi) is 3.54. The van der Waals surface area contributed by atoms with Crippen LogP contribution in [0, 0.1) is 0 Å². The molecule has 72 valence electrons. The maximum absolute atomic E-state index is 9.51. The second kappa shape index (κ2) is 4.46. The number of nitrogens with two attached hydrogens (primary N) is 1. The van der Waals surface area contributed by atoms with Gasteiger partial charge in [0.15, 0.2) is 0 Å². The summed E-state index contributed by atoms with van der Waals surface area (Å²) in [5, 5.41) is 10.0. The Balaban J connectivity index is 2.98. The molecule has 1 rings (SSSR count). The van der Waals surface area contributed by atoms with E-state index in [0.717, 1.165) is 0 Å². The molecule has 3 nitrogen and oxygen atoms in total. The Morgan fingerprint density at radius 1 is 1.62 bits per heavy atom. The van der Waals surface area contributed by atoms with Gasteiger partial charge in [-0.3, -0.25) is 0 Å². The van der Waals surface area contributed by atoms with Crippen molar-refractivity contribution in [3.8, 4) is 5.75 Å². The summed E-state index contributed by atoms with van der Waals surface area (Å²) in [6.45, 7) is 2.21. The summed E-state index contributed by atoms with van der Waals surface area (Å²) in [5.41, 5.74) is 0.676. The van der Waals surface area contributed by atoms with Gasteiger partial charge in [-0.1, -0.05) is 24.6 Å². The number of aromatic hydroxyl groups is 1. The lowest BCUT2D eigenvalue weighted by Crippen LogP contribution is -2.09. The van der Waals surface area contributed by atoms with E-state index in [0.29, 0.717) is 17.2 Å². The first-order chi connectivity index (χ1) is 6.16. The molecule has 1 aromatic carbocycles. The van der Waals surface area contributed by atoms with E-state index < -0.39 is 0 Å². The van der Waals surface area contributed by atoms with Crippen molar-refractivity contribution in [2.24, 2.45) is 5.90 Å². The van der Waals surface area contributed by atoms with Gasteiger partial charge < -0.3 is 9.94 Å². The maximum atomic E-state index is 9.51. The van der Waals surface area contributed by atoms with Crippen LogP contribution in [0.2, 0.25) is 5.02 Å². The lowest BCUT2D eigenvalue weighted by atomic mass is 10.0. The largest absolute Gasteiger partial charge is 0.508 e. The zero-order valence-corrected chi connectivity index (χ0v) is 8.08. The highest BCUT2D eigenvalue weighted by molar-refractivity contribution is 6.31. The van der Waals surface area contributed by atoms with Crippen LogP contribution in [0.4, 0.5) is 0 Å². The maximum Gasteiger partial charge on any atom is 0.120 e. The van der Waals surface area contributed by atoms with Crippen LogP contribution in [-0.4, -0.2) is 11.7 Å². The van der Waals surface area contributed by atoms with Gasteiger partial charge in [-0.2, -0.15) is 0 Å². The normalized spacial score (nSPS) is 12.8. The minimum Gasteiger partial charge on any atom is -0.508 e. The predicted octanol–water partition coefficient (Wildman–Crippen LogP) is 2.04. The monoisotopic (exact) mass is 201 g/mol. The molecule has 0 aliphatic rings. The van der Waals surface area contributed by atoms with Gasteiger partial charge >= 0.3 is 0 Å². The van der Waals surface area contributed by atoms with Crippen molar-refractivity contribution in [2.75, 3.05) is 6.61 Å². The molecule has 0 saturated carbocycles. The van der Waals surface area contributed by atoms with Crippen molar-refractivity contribution in [2.45, 2.75) is 12.8 Å². The zero-order valence-electron chi connectivity index (χ0n) is 7.33. The molecule has 4 heteroatoms. The summed E-state index contributed by atoms with van der Waals surface area (Å²) in [6.07, 6.45) is 0. The van der Waals surface area contributed by atoms with Gasteiger partial charge in [0.25, 0.3) is 0 Å². The van der Waals surface area contributed by atoms with Crippen LogP contribution in [-0.2, 0) is 4.84 Å². The average Bonchev–Trinajstić information content (AvgIpc) is 2.04. The Morgan fingerprint density at radius 3 is 2.85 bits per heavy atom. The van der Waals surface area contributed by atoms with Crippen LogP contribution < -0.4 is 5.90 Å². The molecular formula is C9H12ClNO2. The minimum absolute atomic E-state index is 0.0151. The van der Waals surface area contributed by atoms with Crippen LogP contribution in [0.1, 0.15) is 18.4 Å². The lowest BCUT2D eigenvalue weighted by molar-refractivity contribution is 0.126. The van der Waals surface area contributed by atoms with Crippen molar-refractivity contribution in [1.82, 2.24) is 0 Å². The molecule has 0 spiro atoms. The van der Waals surface area contributed by atoms with E-state index >= 15 is 0 Å². The molecule has 1 aromatic rings. The Bertz CT molecular complexity index is 271. The molecule has 1 unspecified atom stereocenters.